The fourth-order valence-electron chi connectivity index (χ4n) is 3.44. The molecule has 0 radical (unpaired) electrons. The smallest absolute Gasteiger partial charge is 0.191 e. The Morgan fingerprint density at radius 3 is 2.90 bits per heavy atom. The van der Waals surface area contributed by atoms with Crippen molar-refractivity contribution in [3.63, 3.8) is 0 Å². The van der Waals surface area contributed by atoms with Crippen LogP contribution in [0, 0.1) is 5.82 Å². The Labute approximate surface area is 178 Å². The first-order chi connectivity index (χ1) is 14.5. The number of ether oxygens (including phenoxy) is 1. The summed E-state index contributed by atoms with van der Waals surface area (Å²) in [6.07, 6.45) is 2.75. The molecule has 1 aromatic heterocycles. The molecule has 0 aliphatic carbocycles. The number of anilines is 1. The summed E-state index contributed by atoms with van der Waals surface area (Å²) in [5.74, 6) is 0.916. The normalized spacial score (nSPS) is 16.9. The lowest BCUT2D eigenvalue weighted by atomic mass is 10.1. The Balaban J connectivity index is 1.59. The highest BCUT2D eigenvalue weighted by molar-refractivity contribution is 5.80. The number of aromatic nitrogens is 1. The van der Waals surface area contributed by atoms with Gasteiger partial charge in [-0.05, 0) is 50.5 Å². The molecule has 2 heterocycles. The number of pyridine rings is 1. The van der Waals surface area contributed by atoms with Crippen molar-refractivity contribution in [2.75, 3.05) is 24.5 Å². The number of guanidine groups is 1. The lowest BCUT2D eigenvalue weighted by Crippen LogP contribution is -2.44. The molecule has 0 saturated carbocycles. The van der Waals surface area contributed by atoms with E-state index in [2.05, 4.69) is 33.8 Å². The second-order valence-corrected chi connectivity index (χ2v) is 7.76. The third-order valence-corrected chi connectivity index (χ3v) is 4.91. The van der Waals surface area contributed by atoms with Gasteiger partial charge in [0.15, 0.2) is 17.6 Å². The molecule has 0 amide bonds. The van der Waals surface area contributed by atoms with E-state index in [-0.39, 0.29) is 18.0 Å². The number of halogens is 1. The van der Waals surface area contributed by atoms with E-state index in [0.717, 1.165) is 36.6 Å². The molecule has 1 aromatic carbocycles. The highest BCUT2D eigenvalue weighted by atomic mass is 19.1. The van der Waals surface area contributed by atoms with Crippen LogP contribution in [0.15, 0.2) is 47.6 Å². The first-order valence-corrected chi connectivity index (χ1v) is 10.6. The van der Waals surface area contributed by atoms with Crippen LogP contribution in [-0.4, -0.2) is 42.7 Å². The molecule has 1 atom stereocenters. The lowest BCUT2D eigenvalue weighted by molar-refractivity contribution is 0.0657. The molecule has 3 rings (SSSR count). The summed E-state index contributed by atoms with van der Waals surface area (Å²) >= 11 is 0. The minimum Gasteiger partial charge on any atom is -0.374 e. The van der Waals surface area contributed by atoms with Crippen LogP contribution in [0.25, 0.3) is 0 Å². The predicted molar refractivity (Wildman–Crippen MR) is 119 cm³/mol. The highest BCUT2D eigenvalue weighted by Crippen LogP contribution is 2.20. The molecule has 162 valence electrons. The highest BCUT2D eigenvalue weighted by Gasteiger charge is 2.25. The summed E-state index contributed by atoms with van der Waals surface area (Å²) in [6.45, 7) is 9.55. The average molecular weight is 414 g/mol. The Morgan fingerprint density at radius 2 is 2.13 bits per heavy atom. The van der Waals surface area contributed by atoms with Crippen LogP contribution in [0.1, 0.15) is 38.3 Å². The number of nitrogens with one attached hydrogen (secondary N) is 2. The van der Waals surface area contributed by atoms with Gasteiger partial charge in [0, 0.05) is 31.9 Å². The summed E-state index contributed by atoms with van der Waals surface area (Å²) in [4.78, 5) is 10.9. The molecule has 1 saturated heterocycles. The van der Waals surface area contributed by atoms with Crippen molar-refractivity contribution in [1.82, 2.24) is 15.6 Å². The molecule has 2 N–H and O–H groups in total. The van der Waals surface area contributed by atoms with Gasteiger partial charge in [-0.15, -0.1) is 0 Å². The molecule has 2 aromatic rings. The number of rotatable bonds is 8. The van der Waals surface area contributed by atoms with E-state index in [9.17, 15) is 4.39 Å². The van der Waals surface area contributed by atoms with Gasteiger partial charge in [0.1, 0.15) is 0 Å². The maximum absolute atomic E-state index is 14.0. The first-order valence-electron chi connectivity index (χ1n) is 10.6. The molecule has 0 bridgehead atoms. The number of benzene rings is 1. The summed E-state index contributed by atoms with van der Waals surface area (Å²) in [6, 6.07) is 11.6. The molecule has 1 aliphatic heterocycles. The summed E-state index contributed by atoms with van der Waals surface area (Å²) < 4.78 is 19.7. The largest absolute Gasteiger partial charge is 0.374 e. The van der Waals surface area contributed by atoms with Crippen LogP contribution < -0.4 is 15.5 Å². The molecule has 0 spiro atoms. The number of hydrogen-bond donors (Lipinski definition) is 2. The molecule has 1 aliphatic rings. The van der Waals surface area contributed by atoms with Gasteiger partial charge >= 0.3 is 0 Å². The fourth-order valence-corrected chi connectivity index (χ4v) is 3.44. The third-order valence-electron chi connectivity index (χ3n) is 4.91. The molecule has 6 nitrogen and oxygen atoms in total. The minimum absolute atomic E-state index is 0.190. The third kappa shape index (κ3) is 6.42. The average Bonchev–Trinajstić information content (AvgIpc) is 3.19. The van der Waals surface area contributed by atoms with E-state index in [4.69, 9.17) is 9.73 Å². The minimum atomic E-state index is -0.278. The van der Waals surface area contributed by atoms with Gasteiger partial charge in [-0.2, -0.15) is 0 Å². The van der Waals surface area contributed by atoms with Crippen molar-refractivity contribution < 1.29 is 9.13 Å². The van der Waals surface area contributed by atoms with Gasteiger partial charge < -0.3 is 20.3 Å². The van der Waals surface area contributed by atoms with E-state index >= 15 is 0 Å². The van der Waals surface area contributed by atoms with Gasteiger partial charge in [0.05, 0.1) is 19.3 Å². The number of nitrogens with zero attached hydrogens (tertiary/aromatic N) is 3. The van der Waals surface area contributed by atoms with Crippen LogP contribution in [0.5, 0.6) is 0 Å². The summed E-state index contributed by atoms with van der Waals surface area (Å²) in [5.41, 5.74) is 2.29. The van der Waals surface area contributed by atoms with Crippen LogP contribution in [-0.2, 0) is 17.9 Å². The number of aliphatic imine (C=N–C) groups is 1. The number of hydrogen-bond acceptors (Lipinski definition) is 4. The Bertz CT molecular complexity index is 842. The zero-order chi connectivity index (χ0) is 21.3. The van der Waals surface area contributed by atoms with E-state index in [1.165, 1.54) is 6.07 Å². The Morgan fingerprint density at radius 1 is 1.30 bits per heavy atom. The van der Waals surface area contributed by atoms with E-state index < -0.39 is 0 Å². The topological polar surface area (TPSA) is 61.8 Å². The molecular weight excluding hydrogens is 381 g/mol. The van der Waals surface area contributed by atoms with Gasteiger partial charge in [-0.25, -0.2) is 14.4 Å². The van der Waals surface area contributed by atoms with Crippen LogP contribution in [0.2, 0.25) is 0 Å². The van der Waals surface area contributed by atoms with Crippen molar-refractivity contribution in [3.05, 3.63) is 59.5 Å². The quantitative estimate of drug-likeness (QED) is 0.513. The van der Waals surface area contributed by atoms with Gasteiger partial charge in [0.25, 0.3) is 0 Å². The lowest BCUT2D eigenvalue weighted by Gasteiger charge is -2.20. The van der Waals surface area contributed by atoms with Crippen molar-refractivity contribution in [2.45, 2.75) is 52.5 Å². The molecule has 7 heteroatoms. The van der Waals surface area contributed by atoms with Gasteiger partial charge in [-0.1, -0.05) is 24.3 Å². The van der Waals surface area contributed by atoms with E-state index in [1.54, 1.807) is 12.3 Å². The zero-order valence-corrected chi connectivity index (χ0v) is 18.1. The van der Waals surface area contributed by atoms with Gasteiger partial charge in [-0.3, -0.25) is 0 Å². The van der Waals surface area contributed by atoms with Crippen molar-refractivity contribution in [1.29, 1.82) is 0 Å². The Hall–Kier alpha value is -2.67. The standard InChI is InChI=1S/C23H32FN5O/c1-4-25-23(27-14-18-7-5-8-19(13-18)16-30-17(2)3)28-20-10-12-29(15-20)22-21(24)9-6-11-26-22/h5-9,11,13,17,20H,4,10,12,14-16H2,1-3H3,(H2,25,27,28). The van der Waals surface area contributed by atoms with Crippen molar-refractivity contribution in [2.24, 2.45) is 4.99 Å². The van der Waals surface area contributed by atoms with E-state index in [1.807, 2.05) is 31.7 Å². The van der Waals surface area contributed by atoms with Crippen LogP contribution in [0.3, 0.4) is 0 Å². The second kappa shape index (κ2) is 10.9. The Kier molecular flexibility index (Phi) is 8.02. The monoisotopic (exact) mass is 413 g/mol. The molecular formula is C23H32FN5O. The molecule has 1 fully saturated rings. The predicted octanol–water partition coefficient (Wildman–Crippen LogP) is 3.48. The zero-order valence-electron chi connectivity index (χ0n) is 18.1. The van der Waals surface area contributed by atoms with Gasteiger partial charge in [0.2, 0.25) is 0 Å². The fraction of sp³-hybridized carbons (Fsp3) is 0.478. The van der Waals surface area contributed by atoms with Crippen LogP contribution in [0.4, 0.5) is 10.2 Å². The molecule has 30 heavy (non-hydrogen) atoms. The maximum Gasteiger partial charge on any atom is 0.191 e. The van der Waals surface area contributed by atoms with E-state index in [0.29, 0.717) is 25.5 Å². The SMILES string of the molecule is CCNC(=NCc1cccc(COC(C)C)c1)NC1CCN(c2ncccc2F)C1. The van der Waals surface area contributed by atoms with Crippen molar-refractivity contribution >= 4 is 11.8 Å². The maximum atomic E-state index is 14.0. The van der Waals surface area contributed by atoms with Crippen molar-refractivity contribution in [3.8, 4) is 0 Å². The summed E-state index contributed by atoms with van der Waals surface area (Å²) in [7, 11) is 0. The summed E-state index contributed by atoms with van der Waals surface area (Å²) in [5, 5.41) is 6.79. The molecule has 1 unspecified atom stereocenters. The first kappa shape index (κ1) is 22.0. The second-order valence-electron chi connectivity index (χ2n) is 7.76. The van der Waals surface area contributed by atoms with Crippen LogP contribution >= 0.6 is 0 Å².